The lowest BCUT2D eigenvalue weighted by Gasteiger charge is -2.18. The van der Waals surface area contributed by atoms with Crippen molar-refractivity contribution in [2.75, 3.05) is 19.6 Å². The number of aryl methyl sites for hydroxylation is 2. The van der Waals surface area contributed by atoms with Crippen LogP contribution in [-0.4, -0.2) is 39.5 Å². The molecule has 0 saturated heterocycles. The van der Waals surface area contributed by atoms with Gasteiger partial charge in [0.2, 0.25) is 0 Å². The highest BCUT2D eigenvalue weighted by Crippen LogP contribution is 2.43. The molecule has 5 nitrogen and oxygen atoms in total. The maximum absolute atomic E-state index is 12.8. The van der Waals surface area contributed by atoms with E-state index in [9.17, 15) is 9.59 Å². The van der Waals surface area contributed by atoms with Gasteiger partial charge >= 0.3 is 0 Å². The number of ketones is 1. The number of aromatic nitrogens is 2. The molecular weight excluding hydrogens is 382 g/mol. The van der Waals surface area contributed by atoms with Crippen molar-refractivity contribution in [1.82, 2.24) is 14.0 Å². The van der Waals surface area contributed by atoms with Crippen molar-refractivity contribution in [2.45, 2.75) is 33.2 Å². The average molecular weight is 408 g/mol. The van der Waals surface area contributed by atoms with Crippen LogP contribution in [0.2, 0.25) is 0 Å². The number of pyridine rings is 1. The zero-order chi connectivity index (χ0) is 20.3. The van der Waals surface area contributed by atoms with E-state index in [2.05, 4.69) is 35.4 Å². The molecule has 0 bridgehead atoms. The zero-order valence-electron chi connectivity index (χ0n) is 17.1. The number of likely N-dealkylation sites (N-methyl/N-ethyl adjacent to an activating group) is 1. The van der Waals surface area contributed by atoms with Crippen LogP contribution in [0.3, 0.4) is 0 Å². The summed E-state index contributed by atoms with van der Waals surface area (Å²) < 4.78 is 4.82. The van der Waals surface area contributed by atoms with Crippen LogP contribution in [-0.2, 0) is 20.0 Å². The van der Waals surface area contributed by atoms with Gasteiger partial charge in [-0.2, -0.15) is 0 Å². The van der Waals surface area contributed by atoms with Gasteiger partial charge < -0.3 is 14.0 Å². The molecule has 0 atom stereocenters. The highest BCUT2D eigenvalue weighted by molar-refractivity contribution is 7.25. The van der Waals surface area contributed by atoms with Crippen molar-refractivity contribution >= 4 is 48.3 Å². The number of rotatable bonds is 5. The smallest absolute Gasteiger partial charge is 0.268 e. The van der Waals surface area contributed by atoms with Gasteiger partial charge in [-0.15, -0.1) is 11.3 Å². The van der Waals surface area contributed by atoms with Crippen LogP contribution in [0.5, 0.6) is 0 Å². The molecule has 0 aliphatic heterocycles. The van der Waals surface area contributed by atoms with Crippen LogP contribution >= 0.6 is 11.3 Å². The molecule has 1 aromatic carbocycles. The fourth-order valence-electron chi connectivity index (χ4n) is 4.74. The standard InChI is InChI=1S/C23H25N3O2S/c1-4-25(5-2)12-13-26-17-8-6-14-15(7-9-18(14)27)19(17)20-16-10-11-24(3)22(28)21(16)29-23(20)26/h6,8,10-11H,4-5,7,9,12-13H2,1-3H3. The van der Waals surface area contributed by atoms with E-state index in [0.29, 0.717) is 6.42 Å². The Morgan fingerprint density at radius 2 is 1.86 bits per heavy atom. The van der Waals surface area contributed by atoms with E-state index in [0.717, 1.165) is 58.5 Å². The van der Waals surface area contributed by atoms with Crippen molar-refractivity contribution in [3.8, 4) is 0 Å². The molecule has 3 aromatic heterocycles. The largest absolute Gasteiger partial charge is 0.331 e. The minimum absolute atomic E-state index is 0.0517. The van der Waals surface area contributed by atoms with Gasteiger partial charge in [0.15, 0.2) is 5.78 Å². The molecule has 0 unspecified atom stereocenters. The van der Waals surface area contributed by atoms with Crippen LogP contribution < -0.4 is 5.56 Å². The number of fused-ring (bicyclic) bond motifs is 7. The Kier molecular flexibility index (Phi) is 4.37. The van der Waals surface area contributed by atoms with Crippen LogP contribution in [0, 0.1) is 0 Å². The van der Waals surface area contributed by atoms with E-state index in [1.165, 1.54) is 16.5 Å². The molecule has 0 saturated carbocycles. The second-order valence-corrected chi connectivity index (χ2v) is 8.84. The Bertz CT molecular complexity index is 1340. The monoisotopic (exact) mass is 407 g/mol. The number of nitrogens with zero attached hydrogens (tertiary/aromatic N) is 3. The van der Waals surface area contributed by atoms with Gasteiger partial charge in [-0.3, -0.25) is 9.59 Å². The Morgan fingerprint density at radius 1 is 1.07 bits per heavy atom. The molecule has 0 N–H and O–H groups in total. The third kappa shape index (κ3) is 2.62. The second kappa shape index (κ2) is 6.82. The van der Waals surface area contributed by atoms with Gasteiger partial charge in [0.1, 0.15) is 9.53 Å². The number of hydrogen-bond donors (Lipinski definition) is 0. The summed E-state index contributed by atoms with van der Waals surface area (Å²) in [5, 5.41) is 3.36. The quantitative estimate of drug-likeness (QED) is 0.499. The SMILES string of the molecule is CCN(CC)CCn1c2ccc3c(c2c2c4ccn(C)c(=O)c4sc21)CCC3=O. The summed E-state index contributed by atoms with van der Waals surface area (Å²) in [6.07, 6.45) is 3.23. The van der Waals surface area contributed by atoms with Crippen molar-refractivity contribution in [2.24, 2.45) is 7.05 Å². The molecule has 1 aliphatic rings. The van der Waals surface area contributed by atoms with Gasteiger partial charge in [0, 0.05) is 54.5 Å². The molecule has 29 heavy (non-hydrogen) atoms. The van der Waals surface area contributed by atoms with Crippen LogP contribution in [0.4, 0.5) is 0 Å². The normalized spacial score (nSPS) is 14.1. The van der Waals surface area contributed by atoms with Gasteiger partial charge in [0.25, 0.3) is 5.56 Å². The first kappa shape index (κ1) is 18.6. The second-order valence-electron chi connectivity index (χ2n) is 7.84. The number of carbonyl (C=O) groups is 1. The summed E-state index contributed by atoms with van der Waals surface area (Å²) in [5.74, 6) is 0.237. The number of benzene rings is 1. The Morgan fingerprint density at radius 3 is 2.62 bits per heavy atom. The van der Waals surface area contributed by atoms with E-state index in [1.807, 2.05) is 12.3 Å². The highest BCUT2D eigenvalue weighted by Gasteiger charge is 2.27. The highest BCUT2D eigenvalue weighted by atomic mass is 32.1. The minimum Gasteiger partial charge on any atom is -0.331 e. The van der Waals surface area contributed by atoms with E-state index >= 15 is 0 Å². The molecule has 150 valence electrons. The van der Waals surface area contributed by atoms with E-state index in [-0.39, 0.29) is 11.3 Å². The molecule has 4 aromatic rings. The molecule has 0 spiro atoms. The van der Waals surface area contributed by atoms with Gasteiger partial charge in [-0.1, -0.05) is 13.8 Å². The van der Waals surface area contributed by atoms with Crippen molar-refractivity contribution < 1.29 is 4.79 Å². The van der Waals surface area contributed by atoms with Gasteiger partial charge in [0.05, 0.1) is 5.52 Å². The summed E-state index contributed by atoms with van der Waals surface area (Å²) in [6.45, 7) is 8.27. The molecule has 0 radical (unpaired) electrons. The topological polar surface area (TPSA) is 47.2 Å². The molecule has 0 fully saturated rings. The predicted octanol–water partition coefficient (Wildman–Crippen LogP) is 4.18. The first-order valence-electron chi connectivity index (χ1n) is 10.4. The first-order valence-corrected chi connectivity index (χ1v) is 11.2. The van der Waals surface area contributed by atoms with Gasteiger partial charge in [-0.05, 0) is 43.3 Å². The number of hydrogen-bond acceptors (Lipinski definition) is 4. The molecule has 6 heteroatoms. The van der Waals surface area contributed by atoms with E-state index in [4.69, 9.17) is 0 Å². The van der Waals surface area contributed by atoms with Crippen LogP contribution in [0.15, 0.2) is 29.2 Å². The van der Waals surface area contributed by atoms with Crippen LogP contribution in [0.1, 0.15) is 36.2 Å². The summed E-state index contributed by atoms with van der Waals surface area (Å²) in [5.41, 5.74) is 3.27. The third-order valence-corrected chi connectivity index (χ3v) is 7.64. The van der Waals surface area contributed by atoms with E-state index in [1.54, 1.807) is 23.0 Å². The molecule has 1 aliphatic carbocycles. The summed E-state index contributed by atoms with van der Waals surface area (Å²) >= 11 is 1.59. The lowest BCUT2D eigenvalue weighted by molar-refractivity contribution is 0.0994. The van der Waals surface area contributed by atoms with Gasteiger partial charge in [-0.25, -0.2) is 0 Å². The fourth-order valence-corrected chi connectivity index (χ4v) is 6.06. The molecule has 0 amide bonds. The summed E-state index contributed by atoms with van der Waals surface area (Å²) in [6, 6.07) is 6.17. The summed E-state index contributed by atoms with van der Waals surface area (Å²) in [4.78, 5) is 28.7. The van der Waals surface area contributed by atoms with E-state index < -0.39 is 0 Å². The van der Waals surface area contributed by atoms with Crippen LogP contribution in [0.25, 0.3) is 31.2 Å². The Labute approximate surface area is 173 Å². The lowest BCUT2D eigenvalue weighted by Crippen LogP contribution is -2.26. The summed E-state index contributed by atoms with van der Waals surface area (Å²) in [7, 11) is 1.80. The average Bonchev–Trinajstić information content (AvgIpc) is 3.37. The number of Topliss-reactive ketones (excluding diaryl/α,β-unsaturated/α-hetero) is 1. The van der Waals surface area contributed by atoms with Crippen molar-refractivity contribution in [1.29, 1.82) is 0 Å². The predicted molar refractivity (Wildman–Crippen MR) is 121 cm³/mol. The molecule has 3 heterocycles. The minimum atomic E-state index is 0.0517. The van der Waals surface area contributed by atoms with Crippen molar-refractivity contribution in [3.05, 3.63) is 45.9 Å². The number of thiophene rings is 1. The first-order chi connectivity index (χ1) is 14.0. The van der Waals surface area contributed by atoms with Crippen molar-refractivity contribution in [3.63, 3.8) is 0 Å². The third-order valence-electron chi connectivity index (χ3n) is 6.42. The Hall–Kier alpha value is -2.44. The zero-order valence-corrected chi connectivity index (χ0v) is 17.9. The Balaban J connectivity index is 1.86. The fraction of sp³-hybridized carbons (Fsp3) is 0.391. The molecule has 5 rings (SSSR count). The maximum Gasteiger partial charge on any atom is 0.268 e. The molecular formula is C23H25N3O2S. The number of carbonyl (C=O) groups excluding carboxylic acids is 1. The maximum atomic E-state index is 12.8. The lowest BCUT2D eigenvalue weighted by atomic mass is 10.0.